The van der Waals surface area contributed by atoms with Crippen LogP contribution < -0.4 is 10.5 Å². The minimum absolute atomic E-state index is 0.148. The molecule has 0 bridgehead atoms. The van der Waals surface area contributed by atoms with Crippen molar-refractivity contribution < 1.29 is 39.8 Å². The van der Waals surface area contributed by atoms with E-state index in [1.54, 1.807) is 12.1 Å². The smallest absolute Gasteiger partial charge is 0.320 e. The molecule has 6 atom stereocenters. The summed E-state index contributed by atoms with van der Waals surface area (Å²) in [6.45, 7) is -0.545. The lowest BCUT2D eigenvalue weighted by molar-refractivity contribution is -0.277. The molecule has 134 valence electrons. The standard InChI is InChI=1S/C15H21NO8/c16-9(14(21)22)5-7-1-3-8(4-2-7)23-15-13(20)12(19)11(18)10(6-17)24-15/h1-4,9-13,15,17-20H,5-6,16H2,(H,21,22)/t9-,10-,11-,12+,13-,15?/m0/s1. The van der Waals surface area contributed by atoms with Crippen LogP contribution >= 0.6 is 0 Å². The molecule has 0 aromatic heterocycles. The third kappa shape index (κ3) is 4.20. The molecule has 1 aliphatic heterocycles. The number of carboxylic acids is 1. The first-order valence-corrected chi connectivity index (χ1v) is 7.38. The van der Waals surface area contributed by atoms with Crippen molar-refractivity contribution >= 4 is 5.97 Å². The van der Waals surface area contributed by atoms with Gasteiger partial charge in [-0.05, 0) is 24.1 Å². The number of carbonyl (C=O) groups is 1. The Morgan fingerprint density at radius 2 is 1.79 bits per heavy atom. The first kappa shape index (κ1) is 18.6. The summed E-state index contributed by atoms with van der Waals surface area (Å²) >= 11 is 0. The molecule has 24 heavy (non-hydrogen) atoms. The molecular formula is C15H21NO8. The Balaban J connectivity index is 2.01. The van der Waals surface area contributed by atoms with Gasteiger partial charge in [-0.15, -0.1) is 0 Å². The normalized spacial score (nSPS) is 31.5. The van der Waals surface area contributed by atoms with Gasteiger partial charge >= 0.3 is 5.97 Å². The molecule has 1 unspecified atom stereocenters. The van der Waals surface area contributed by atoms with Crippen molar-refractivity contribution in [3.8, 4) is 5.75 Å². The van der Waals surface area contributed by atoms with Gasteiger partial charge in [0.1, 0.15) is 36.2 Å². The van der Waals surface area contributed by atoms with Gasteiger partial charge in [0.15, 0.2) is 0 Å². The zero-order valence-corrected chi connectivity index (χ0v) is 12.7. The Labute approximate surface area is 137 Å². The second kappa shape index (κ2) is 7.88. The molecule has 1 aromatic rings. The van der Waals surface area contributed by atoms with E-state index in [1.165, 1.54) is 12.1 Å². The van der Waals surface area contributed by atoms with Gasteiger partial charge in [0.05, 0.1) is 6.61 Å². The van der Waals surface area contributed by atoms with E-state index in [1.807, 2.05) is 0 Å². The first-order chi connectivity index (χ1) is 11.3. The van der Waals surface area contributed by atoms with E-state index in [-0.39, 0.29) is 6.42 Å². The summed E-state index contributed by atoms with van der Waals surface area (Å²) in [4.78, 5) is 10.7. The maximum Gasteiger partial charge on any atom is 0.320 e. The lowest BCUT2D eigenvalue weighted by Crippen LogP contribution is -2.60. The molecule has 1 fully saturated rings. The molecule has 0 radical (unpaired) electrons. The summed E-state index contributed by atoms with van der Waals surface area (Å²) in [6.07, 6.45) is -6.65. The molecule has 9 heteroatoms. The van der Waals surface area contributed by atoms with Crippen molar-refractivity contribution in [3.05, 3.63) is 29.8 Å². The number of carboxylic acid groups (broad SMARTS) is 1. The van der Waals surface area contributed by atoms with Gasteiger partial charge in [0.2, 0.25) is 6.29 Å². The van der Waals surface area contributed by atoms with Crippen molar-refractivity contribution in [1.82, 2.24) is 0 Å². The van der Waals surface area contributed by atoms with E-state index in [0.29, 0.717) is 11.3 Å². The van der Waals surface area contributed by atoms with E-state index in [9.17, 15) is 20.1 Å². The van der Waals surface area contributed by atoms with Crippen LogP contribution in [0.25, 0.3) is 0 Å². The number of aliphatic hydroxyl groups excluding tert-OH is 4. The van der Waals surface area contributed by atoms with E-state index >= 15 is 0 Å². The molecule has 1 saturated heterocycles. The van der Waals surface area contributed by atoms with Crippen LogP contribution in [0.5, 0.6) is 5.75 Å². The van der Waals surface area contributed by atoms with Crippen LogP contribution in [0.4, 0.5) is 0 Å². The third-order valence-corrected chi connectivity index (χ3v) is 3.80. The zero-order chi connectivity index (χ0) is 17.9. The van der Waals surface area contributed by atoms with Crippen molar-refractivity contribution in [1.29, 1.82) is 0 Å². The number of hydrogen-bond acceptors (Lipinski definition) is 8. The molecule has 0 amide bonds. The van der Waals surface area contributed by atoms with Gasteiger partial charge in [-0.3, -0.25) is 4.79 Å². The molecule has 1 heterocycles. The van der Waals surface area contributed by atoms with Crippen molar-refractivity contribution in [2.45, 2.75) is 43.2 Å². The largest absolute Gasteiger partial charge is 0.480 e. The molecule has 2 rings (SSSR count). The highest BCUT2D eigenvalue weighted by Gasteiger charge is 2.44. The fourth-order valence-electron chi connectivity index (χ4n) is 2.34. The number of aliphatic carboxylic acids is 1. The van der Waals surface area contributed by atoms with Crippen LogP contribution in [0.15, 0.2) is 24.3 Å². The van der Waals surface area contributed by atoms with Gasteiger partial charge < -0.3 is 40.7 Å². The maximum absolute atomic E-state index is 10.7. The van der Waals surface area contributed by atoms with E-state index in [4.69, 9.17) is 25.4 Å². The van der Waals surface area contributed by atoms with Crippen LogP contribution in [0, 0.1) is 0 Å². The lowest BCUT2D eigenvalue weighted by Gasteiger charge is -2.39. The van der Waals surface area contributed by atoms with E-state index < -0.39 is 49.3 Å². The van der Waals surface area contributed by atoms with E-state index in [0.717, 1.165) is 0 Å². The summed E-state index contributed by atoms with van der Waals surface area (Å²) in [5, 5.41) is 47.2. The van der Waals surface area contributed by atoms with Gasteiger partial charge in [-0.2, -0.15) is 0 Å². The summed E-state index contributed by atoms with van der Waals surface area (Å²) in [7, 11) is 0. The van der Waals surface area contributed by atoms with Crippen LogP contribution in [0.3, 0.4) is 0 Å². The number of rotatable bonds is 6. The molecule has 7 N–H and O–H groups in total. The molecule has 1 aromatic carbocycles. The minimum atomic E-state index is -1.52. The van der Waals surface area contributed by atoms with E-state index in [2.05, 4.69) is 0 Å². The van der Waals surface area contributed by atoms with Gasteiger partial charge in [0.25, 0.3) is 0 Å². The Morgan fingerprint density at radius 3 is 2.33 bits per heavy atom. The fraction of sp³-hybridized carbons (Fsp3) is 0.533. The maximum atomic E-state index is 10.7. The summed E-state index contributed by atoms with van der Waals surface area (Å²) in [5.41, 5.74) is 6.14. The number of ether oxygens (including phenoxy) is 2. The highest BCUT2D eigenvalue weighted by molar-refractivity contribution is 5.73. The predicted octanol–water partition coefficient (Wildman–Crippen LogP) is -2.18. The first-order valence-electron chi connectivity index (χ1n) is 7.38. The van der Waals surface area contributed by atoms with Gasteiger partial charge in [-0.25, -0.2) is 0 Å². The average molecular weight is 343 g/mol. The molecule has 0 saturated carbocycles. The number of nitrogens with two attached hydrogens (primary N) is 1. The van der Waals surface area contributed by atoms with Crippen molar-refractivity contribution in [3.63, 3.8) is 0 Å². The number of aliphatic hydroxyl groups is 4. The number of benzene rings is 1. The zero-order valence-electron chi connectivity index (χ0n) is 12.7. The Morgan fingerprint density at radius 1 is 1.17 bits per heavy atom. The molecular weight excluding hydrogens is 322 g/mol. The Hall–Kier alpha value is -1.75. The fourth-order valence-corrected chi connectivity index (χ4v) is 2.34. The monoisotopic (exact) mass is 343 g/mol. The van der Waals surface area contributed by atoms with Crippen LogP contribution in [-0.4, -0.2) is 74.9 Å². The number of hydrogen-bond donors (Lipinski definition) is 6. The highest BCUT2D eigenvalue weighted by atomic mass is 16.7. The van der Waals surface area contributed by atoms with Crippen LogP contribution in [0.1, 0.15) is 5.56 Å². The predicted molar refractivity (Wildman–Crippen MR) is 80.2 cm³/mol. The quantitative estimate of drug-likeness (QED) is 0.337. The summed E-state index contributed by atoms with van der Waals surface area (Å²) in [6, 6.07) is 5.28. The van der Waals surface area contributed by atoms with Crippen LogP contribution in [-0.2, 0) is 16.0 Å². The second-order valence-corrected chi connectivity index (χ2v) is 5.61. The molecule has 0 spiro atoms. The topological polar surface area (TPSA) is 163 Å². The molecule has 9 nitrogen and oxygen atoms in total. The average Bonchev–Trinajstić information content (AvgIpc) is 2.56. The van der Waals surface area contributed by atoms with Gasteiger partial charge in [-0.1, -0.05) is 12.1 Å². The van der Waals surface area contributed by atoms with Crippen molar-refractivity contribution in [2.24, 2.45) is 5.73 Å². The van der Waals surface area contributed by atoms with Crippen molar-refractivity contribution in [2.75, 3.05) is 6.61 Å². The lowest BCUT2D eigenvalue weighted by atomic mass is 9.99. The molecule has 1 aliphatic rings. The van der Waals surface area contributed by atoms with Crippen LogP contribution in [0.2, 0.25) is 0 Å². The third-order valence-electron chi connectivity index (χ3n) is 3.80. The Bertz CT molecular complexity index is 549. The molecule has 0 aliphatic carbocycles. The summed E-state index contributed by atoms with van der Waals surface area (Å²) < 4.78 is 10.7. The SMILES string of the molecule is N[C@@H](Cc1ccc(OC2O[C@@H](CO)[C@H](O)[C@@H](O)[C@@H]2O)cc1)C(=O)O. The van der Waals surface area contributed by atoms with Gasteiger partial charge in [0, 0.05) is 0 Å². The minimum Gasteiger partial charge on any atom is -0.480 e. The second-order valence-electron chi connectivity index (χ2n) is 5.61. The highest BCUT2D eigenvalue weighted by Crippen LogP contribution is 2.24. The Kier molecular flexibility index (Phi) is 6.10. The summed E-state index contributed by atoms with van der Waals surface area (Å²) in [5.74, 6) is -0.802.